The largest absolute Gasteiger partial charge is 0.398 e. The van der Waals surface area contributed by atoms with Crippen molar-refractivity contribution in [3.63, 3.8) is 0 Å². The molecular formula is C13H17N3O2. The molecule has 96 valence electrons. The van der Waals surface area contributed by atoms with Gasteiger partial charge >= 0.3 is 0 Å². The van der Waals surface area contributed by atoms with Crippen molar-refractivity contribution in [1.29, 1.82) is 0 Å². The van der Waals surface area contributed by atoms with Crippen LogP contribution in [-0.4, -0.2) is 29.8 Å². The van der Waals surface area contributed by atoms with Gasteiger partial charge in [0.2, 0.25) is 11.8 Å². The van der Waals surface area contributed by atoms with Gasteiger partial charge in [-0.2, -0.15) is 0 Å². The highest BCUT2D eigenvalue weighted by atomic mass is 16.2. The van der Waals surface area contributed by atoms with Gasteiger partial charge in [-0.05, 0) is 31.0 Å². The zero-order valence-corrected chi connectivity index (χ0v) is 10.4. The number of nitrogens with zero attached hydrogens (tertiary/aromatic N) is 1. The Morgan fingerprint density at radius 3 is 2.94 bits per heavy atom. The Balaban J connectivity index is 1.99. The number of likely N-dealkylation sites (tertiary alicyclic amines) is 1. The number of nitrogens with two attached hydrogens (primary N) is 1. The van der Waals surface area contributed by atoms with Crippen LogP contribution < -0.4 is 11.1 Å². The Morgan fingerprint density at radius 2 is 2.28 bits per heavy atom. The molecule has 18 heavy (non-hydrogen) atoms. The lowest BCUT2D eigenvalue weighted by molar-refractivity contribution is -0.131. The van der Waals surface area contributed by atoms with Gasteiger partial charge in [0, 0.05) is 24.3 Å². The normalized spacial score (nSPS) is 14.9. The van der Waals surface area contributed by atoms with Crippen molar-refractivity contribution in [3.8, 4) is 0 Å². The second-order valence-electron chi connectivity index (χ2n) is 4.49. The summed E-state index contributed by atoms with van der Waals surface area (Å²) in [5.41, 5.74) is 7.96. The Morgan fingerprint density at radius 1 is 1.50 bits per heavy atom. The lowest BCUT2D eigenvalue weighted by Gasteiger charge is -2.16. The Labute approximate surface area is 106 Å². The Kier molecular flexibility index (Phi) is 3.50. The van der Waals surface area contributed by atoms with Crippen LogP contribution in [0.2, 0.25) is 0 Å². The lowest BCUT2D eigenvalue weighted by atomic mass is 10.1. The number of nitrogens with one attached hydrogen (secondary N) is 1. The van der Waals surface area contributed by atoms with Crippen LogP contribution >= 0.6 is 0 Å². The van der Waals surface area contributed by atoms with Gasteiger partial charge in [0.05, 0.1) is 6.54 Å². The average Bonchev–Trinajstić information content (AvgIpc) is 2.71. The summed E-state index contributed by atoms with van der Waals surface area (Å²) in [5, 5.41) is 2.79. The van der Waals surface area contributed by atoms with E-state index < -0.39 is 0 Å². The predicted molar refractivity (Wildman–Crippen MR) is 70.0 cm³/mol. The number of carbonyl (C=O) groups is 2. The van der Waals surface area contributed by atoms with E-state index in [1.807, 2.05) is 6.92 Å². The molecule has 0 spiro atoms. The molecule has 5 nitrogen and oxygen atoms in total. The third-order valence-corrected chi connectivity index (χ3v) is 3.16. The van der Waals surface area contributed by atoms with E-state index in [9.17, 15) is 9.59 Å². The summed E-state index contributed by atoms with van der Waals surface area (Å²) in [6.45, 7) is 2.64. The van der Waals surface area contributed by atoms with Crippen LogP contribution in [0.15, 0.2) is 18.2 Å². The predicted octanol–water partition coefficient (Wildman–Crippen LogP) is 1.14. The molecular weight excluding hydrogens is 230 g/mol. The Bertz CT molecular complexity index is 485. The molecule has 2 rings (SSSR count). The van der Waals surface area contributed by atoms with Gasteiger partial charge in [0.1, 0.15) is 0 Å². The highest BCUT2D eigenvalue weighted by Gasteiger charge is 2.22. The summed E-state index contributed by atoms with van der Waals surface area (Å²) in [6.07, 6.45) is 1.38. The third-order valence-electron chi connectivity index (χ3n) is 3.16. The monoisotopic (exact) mass is 247 g/mol. The topological polar surface area (TPSA) is 75.4 Å². The molecule has 0 aliphatic carbocycles. The van der Waals surface area contributed by atoms with Crippen LogP contribution in [0.4, 0.5) is 11.4 Å². The maximum Gasteiger partial charge on any atom is 0.244 e. The van der Waals surface area contributed by atoms with Crippen LogP contribution in [0.1, 0.15) is 18.4 Å². The van der Waals surface area contributed by atoms with Crippen molar-refractivity contribution in [2.45, 2.75) is 19.8 Å². The van der Waals surface area contributed by atoms with E-state index in [0.717, 1.165) is 12.0 Å². The van der Waals surface area contributed by atoms with E-state index in [-0.39, 0.29) is 18.4 Å². The summed E-state index contributed by atoms with van der Waals surface area (Å²) in [5.74, 6) is -0.131. The first-order valence-corrected chi connectivity index (χ1v) is 6.00. The van der Waals surface area contributed by atoms with E-state index in [1.54, 1.807) is 23.1 Å². The zero-order valence-electron chi connectivity index (χ0n) is 10.4. The first kappa shape index (κ1) is 12.4. The molecule has 1 aromatic carbocycles. The second kappa shape index (κ2) is 5.08. The minimum atomic E-state index is -0.182. The van der Waals surface area contributed by atoms with Gasteiger partial charge in [-0.1, -0.05) is 6.07 Å². The van der Waals surface area contributed by atoms with Crippen molar-refractivity contribution in [2.24, 2.45) is 0 Å². The summed E-state index contributed by atoms with van der Waals surface area (Å²) in [4.78, 5) is 24.8. The van der Waals surface area contributed by atoms with E-state index >= 15 is 0 Å². The number of carbonyl (C=O) groups excluding carboxylic acids is 2. The van der Waals surface area contributed by atoms with Crippen LogP contribution in [0.25, 0.3) is 0 Å². The van der Waals surface area contributed by atoms with Crippen molar-refractivity contribution < 1.29 is 9.59 Å². The average molecular weight is 247 g/mol. The molecule has 0 saturated carbocycles. The molecule has 5 heteroatoms. The number of hydrogen-bond donors (Lipinski definition) is 2. The van der Waals surface area contributed by atoms with Crippen LogP contribution in [0, 0.1) is 6.92 Å². The number of benzene rings is 1. The fraction of sp³-hybridized carbons (Fsp3) is 0.385. The SMILES string of the molecule is Cc1c(N)cccc1NC(=O)CN1CCCC1=O. The Hall–Kier alpha value is -2.04. The van der Waals surface area contributed by atoms with Gasteiger partial charge in [-0.25, -0.2) is 0 Å². The lowest BCUT2D eigenvalue weighted by Crippen LogP contribution is -2.34. The molecule has 3 N–H and O–H groups in total. The standard InChI is InChI=1S/C13H17N3O2/c1-9-10(14)4-2-5-11(9)15-12(17)8-16-7-3-6-13(16)18/h2,4-5H,3,6-8,14H2,1H3,(H,15,17). The van der Waals surface area contributed by atoms with Crippen molar-refractivity contribution in [2.75, 3.05) is 24.1 Å². The molecule has 2 amide bonds. The molecule has 1 fully saturated rings. The maximum atomic E-state index is 11.8. The van der Waals surface area contributed by atoms with Crippen molar-refractivity contribution >= 4 is 23.2 Å². The van der Waals surface area contributed by atoms with Crippen LogP contribution in [0.3, 0.4) is 0 Å². The maximum absolute atomic E-state index is 11.8. The van der Waals surface area contributed by atoms with E-state index in [0.29, 0.717) is 24.3 Å². The molecule has 1 saturated heterocycles. The van der Waals surface area contributed by atoms with Gasteiger partial charge in [-0.3, -0.25) is 9.59 Å². The number of amides is 2. The fourth-order valence-electron chi connectivity index (χ4n) is 2.02. The fourth-order valence-corrected chi connectivity index (χ4v) is 2.02. The molecule has 0 radical (unpaired) electrons. The first-order valence-electron chi connectivity index (χ1n) is 6.00. The highest BCUT2D eigenvalue weighted by Crippen LogP contribution is 2.20. The first-order chi connectivity index (χ1) is 8.58. The van der Waals surface area contributed by atoms with Gasteiger partial charge in [-0.15, -0.1) is 0 Å². The molecule has 1 aliphatic rings. The second-order valence-corrected chi connectivity index (χ2v) is 4.49. The summed E-state index contributed by atoms with van der Waals surface area (Å²) >= 11 is 0. The van der Waals surface area contributed by atoms with Gasteiger partial charge < -0.3 is 16.0 Å². The van der Waals surface area contributed by atoms with Gasteiger partial charge in [0.25, 0.3) is 0 Å². The highest BCUT2D eigenvalue weighted by molar-refractivity contribution is 5.96. The molecule has 0 aromatic heterocycles. The molecule has 0 bridgehead atoms. The van der Waals surface area contributed by atoms with E-state index in [1.165, 1.54) is 0 Å². The van der Waals surface area contributed by atoms with E-state index in [4.69, 9.17) is 5.73 Å². The molecule has 1 aromatic rings. The molecule has 1 heterocycles. The van der Waals surface area contributed by atoms with Crippen molar-refractivity contribution in [1.82, 2.24) is 4.90 Å². The smallest absolute Gasteiger partial charge is 0.244 e. The summed E-state index contributed by atoms with van der Waals surface area (Å²) in [7, 11) is 0. The van der Waals surface area contributed by atoms with Gasteiger partial charge in [0.15, 0.2) is 0 Å². The van der Waals surface area contributed by atoms with Crippen LogP contribution in [-0.2, 0) is 9.59 Å². The summed E-state index contributed by atoms with van der Waals surface area (Å²) in [6, 6.07) is 5.38. The number of hydrogen-bond acceptors (Lipinski definition) is 3. The minimum absolute atomic E-state index is 0.0504. The summed E-state index contributed by atoms with van der Waals surface area (Å²) < 4.78 is 0. The minimum Gasteiger partial charge on any atom is -0.398 e. The van der Waals surface area contributed by atoms with Crippen LogP contribution in [0.5, 0.6) is 0 Å². The van der Waals surface area contributed by atoms with E-state index in [2.05, 4.69) is 5.32 Å². The number of nitrogen functional groups attached to an aromatic ring is 1. The zero-order chi connectivity index (χ0) is 13.1. The molecule has 0 atom stereocenters. The molecule has 1 aliphatic heterocycles. The number of rotatable bonds is 3. The quantitative estimate of drug-likeness (QED) is 0.786. The molecule has 0 unspecified atom stereocenters. The van der Waals surface area contributed by atoms with Crippen molar-refractivity contribution in [3.05, 3.63) is 23.8 Å². The third kappa shape index (κ3) is 2.61. The number of anilines is 2.